The van der Waals surface area contributed by atoms with Crippen LogP contribution in [-0.4, -0.2) is 11.7 Å². The summed E-state index contributed by atoms with van der Waals surface area (Å²) in [5.41, 5.74) is 0. The maximum Gasteiger partial charge on any atom is 0.0431 e. The largest absolute Gasteiger partial charge is 0.396 e. The summed E-state index contributed by atoms with van der Waals surface area (Å²) in [5.74, 6) is 0. The topological polar surface area (TPSA) is 20.2 Å². The molecule has 0 aliphatic rings. The fourth-order valence-electron chi connectivity index (χ4n) is 3.84. The lowest BCUT2D eigenvalue weighted by atomic mass is 10.0. The lowest BCUT2D eigenvalue weighted by molar-refractivity contribution is 0.282. The summed E-state index contributed by atoms with van der Waals surface area (Å²) in [6.45, 7) is 2.58. The zero-order valence-electron chi connectivity index (χ0n) is 18.9. The predicted molar refractivity (Wildman–Crippen MR) is 123 cm³/mol. The van der Waals surface area contributed by atoms with Crippen LogP contribution < -0.4 is 0 Å². The molecule has 0 amide bonds. The first kappa shape index (κ1) is 26.7. The third-order valence-corrected chi connectivity index (χ3v) is 5.68. The Bertz CT molecular complexity index is 271. The van der Waals surface area contributed by atoms with Crippen LogP contribution in [0.5, 0.6) is 0 Å². The summed E-state index contributed by atoms with van der Waals surface area (Å²) in [6, 6.07) is 0. The Labute approximate surface area is 172 Å². The van der Waals surface area contributed by atoms with Gasteiger partial charge in [0.15, 0.2) is 0 Å². The highest BCUT2D eigenvalue weighted by Crippen LogP contribution is 2.15. The van der Waals surface area contributed by atoms with E-state index in [0.717, 1.165) is 6.42 Å². The molecule has 0 aliphatic heterocycles. The fraction of sp³-hybridized carbons (Fsp3) is 0.923. The van der Waals surface area contributed by atoms with Crippen molar-refractivity contribution in [3.63, 3.8) is 0 Å². The molecule has 0 atom stereocenters. The zero-order chi connectivity index (χ0) is 19.7. The van der Waals surface area contributed by atoms with Crippen LogP contribution in [0.3, 0.4) is 0 Å². The normalized spacial score (nSPS) is 11.6. The minimum Gasteiger partial charge on any atom is -0.396 e. The van der Waals surface area contributed by atoms with Crippen molar-refractivity contribution in [1.29, 1.82) is 0 Å². The average Bonchev–Trinajstić information content (AvgIpc) is 2.68. The molecule has 0 radical (unpaired) electrons. The van der Waals surface area contributed by atoms with Gasteiger partial charge in [0.05, 0.1) is 0 Å². The minimum absolute atomic E-state index is 0.372. The molecule has 0 rings (SSSR count). The Morgan fingerprint density at radius 1 is 0.407 bits per heavy atom. The monoisotopic (exact) mass is 380 g/mol. The molecule has 0 aliphatic carbocycles. The first-order valence-electron chi connectivity index (χ1n) is 12.7. The van der Waals surface area contributed by atoms with E-state index >= 15 is 0 Å². The Morgan fingerprint density at radius 3 is 1.00 bits per heavy atom. The third kappa shape index (κ3) is 25.7. The van der Waals surface area contributed by atoms with Crippen LogP contribution in [-0.2, 0) is 0 Å². The van der Waals surface area contributed by atoms with Gasteiger partial charge in [-0.3, -0.25) is 0 Å². The number of allylic oxidation sites excluding steroid dienone is 2. The predicted octanol–water partition coefficient (Wildman–Crippen LogP) is 9.14. The molecule has 0 aromatic heterocycles. The molecule has 0 saturated heterocycles. The van der Waals surface area contributed by atoms with Gasteiger partial charge in [0, 0.05) is 6.61 Å². The highest BCUT2D eigenvalue weighted by molar-refractivity contribution is 4.79. The highest BCUT2D eigenvalue weighted by atomic mass is 16.2. The second-order valence-electron chi connectivity index (χ2n) is 8.46. The van der Waals surface area contributed by atoms with Crippen LogP contribution in [0.1, 0.15) is 148 Å². The molecule has 0 spiro atoms. The quantitative estimate of drug-likeness (QED) is 0.138. The van der Waals surface area contributed by atoms with Crippen LogP contribution in [0, 0.1) is 0 Å². The molecule has 0 heterocycles. The SMILES string of the molecule is CCC=CCCCCCCCCCCCCCCCCCCCCCCO. The Morgan fingerprint density at radius 2 is 0.704 bits per heavy atom. The van der Waals surface area contributed by atoms with Crippen LogP contribution in [0.4, 0.5) is 0 Å². The van der Waals surface area contributed by atoms with Gasteiger partial charge in [0.25, 0.3) is 0 Å². The number of hydrogen-bond acceptors (Lipinski definition) is 1. The second kappa shape index (κ2) is 25.7. The Hall–Kier alpha value is -0.300. The van der Waals surface area contributed by atoms with Gasteiger partial charge < -0.3 is 5.11 Å². The first-order valence-corrected chi connectivity index (χ1v) is 12.7. The van der Waals surface area contributed by atoms with Crippen LogP contribution in [0.2, 0.25) is 0 Å². The van der Waals surface area contributed by atoms with Crippen LogP contribution in [0.25, 0.3) is 0 Å². The van der Waals surface area contributed by atoms with Crippen molar-refractivity contribution in [1.82, 2.24) is 0 Å². The Balaban J connectivity index is 2.98. The van der Waals surface area contributed by atoms with E-state index in [2.05, 4.69) is 19.1 Å². The maximum atomic E-state index is 8.74. The van der Waals surface area contributed by atoms with Crippen molar-refractivity contribution < 1.29 is 5.11 Å². The smallest absolute Gasteiger partial charge is 0.0431 e. The van der Waals surface area contributed by atoms with E-state index in [0.29, 0.717) is 6.61 Å². The van der Waals surface area contributed by atoms with Crippen molar-refractivity contribution in [2.75, 3.05) is 6.61 Å². The summed E-state index contributed by atoms with van der Waals surface area (Å²) in [7, 11) is 0. The van der Waals surface area contributed by atoms with E-state index in [1.807, 2.05) is 0 Å². The third-order valence-electron chi connectivity index (χ3n) is 5.68. The molecular weight excluding hydrogens is 328 g/mol. The van der Waals surface area contributed by atoms with Gasteiger partial charge in [0.2, 0.25) is 0 Å². The summed E-state index contributed by atoms with van der Waals surface area (Å²) in [4.78, 5) is 0. The van der Waals surface area contributed by atoms with Gasteiger partial charge in [-0.05, 0) is 25.7 Å². The number of rotatable bonds is 23. The number of aliphatic hydroxyl groups excluding tert-OH is 1. The molecule has 1 heteroatoms. The van der Waals surface area contributed by atoms with Gasteiger partial charge in [-0.15, -0.1) is 0 Å². The molecule has 0 bridgehead atoms. The van der Waals surface area contributed by atoms with Crippen LogP contribution >= 0.6 is 0 Å². The van der Waals surface area contributed by atoms with E-state index < -0.39 is 0 Å². The minimum atomic E-state index is 0.372. The number of aliphatic hydroxyl groups is 1. The summed E-state index contributed by atoms with van der Waals surface area (Å²) in [5, 5.41) is 8.74. The molecule has 0 saturated carbocycles. The van der Waals surface area contributed by atoms with E-state index in [4.69, 9.17) is 5.11 Å². The van der Waals surface area contributed by atoms with E-state index in [1.165, 1.54) is 135 Å². The molecular formula is C26H52O. The van der Waals surface area contributed by atoms with Crippen molar-refractivity contribution >= 4 is 0 Å². The van der Waals surface area contributed by atoms with E-state index in [1.54, 1.807) is 0 Å². The lowest BCUT2D eigenvalue weighted by Gasteiger charge is -2.04. The van der Waals surface area contributed by atoms with E-state index in [9.17, 15) is 0 Å². The average molecular weight is 381 g/mol. The molecule has 162 valence electrons. The van der Waals surface area contributed by atoms with Crippen molar-refractivity contribution in [3.05, 3.63) is 12.2 Å². The van der Waals surface area contributed by atoms with Crippen LogP contribution in [0.15, 0.2) is 12.2 Å². The first-order chi connectivity index (χ1) is 13.4. The van der Waals surface area contributed by atoms with Gasteiger partial charge in [-0.2, -0.15) is 0 Å². The molecule has 1 N–H and O–H groups in total. The lowest BCUT2D eigenvalue weighted by Crippen LogP contribution is -1.85. The number of hydrogen-bond donors (Lipinski definition) is 1. The molecule has 0 fully saturated rings. The van der Waals surface area contributed by atoms with Gasteiger partial charge >= 0.3 is 0 Å². The maximum absolute atomic E-state index is 8.74. The van der Waals surface area contributed by atoms with Crippen molar-refractivity contribution in [2.24, 2.45) is 0 Å². The van der Waals surface area contributed by atoms with Gasteiger partial charge in [0.1, 0.15) is 0 Å². The summed E-state index contributed by atoms with van der Waals surface area (Å²) >= 11 is 0. The fourth-order valence-corrected chi connectivity index (χ4v) is 3.84. The second-order valence-corrected chi connectivity index (χ2v) is 8.46. The Kier molecular flexibility index (Phi) is 25.4. The highest BCUT2D eigenvalue weighted by Gasteiger charge is 1.95. The molecule has 27 heavy (non-hydrogen) atoms. The molecule has 0 aromatic carbocycles. The standard InChI is InChI=1S/C26H52O/c1-2-3-4-5-6-7-8-9-10-11-12-13-14-15-16-17-18-19-20-21-22-23-24-25-26-27/h3-4,27H,2,5-26H2,1H3. The van der Waals surface area contributed by atoms with Crippen molar-refractivity contribution in [3.8, 4) is 0 Å². The molecule has 1 nitrogen and oxygen atoms in total. The number of unbranched alkanes of at least 4 members (excludes halogenated alkanes) is 20. The van der Waals surface area contributed by atoms with Crippen molar-refractivity contribution in [2.45, 2.75) is 148 Å². The van der Waals surface area contributed by atoms with Gasteiger partial charge in [-0.1, -0.05) is 135 Å². The molecule has 0 unspecified atom stereocenters. The summed E-state index contributed by atoms with van der Waals surface area (Å²) in [6.07, 6.45) is 35.2. The van der Waals surface area contributed by atoms with E-state index in [-0.39, 0.29) is 0 Å². The summed E-state index contributed by atoms with van der Waals surface area (Å²) < 4.78 is 0. The zero-order valence-corrected chi connectivity index (χ0v) is 18.9. The molecule has 0 aromatic rings. The van der Waals surface area contributed by atoms with Gasteiger partial charge in [-0.25, -0.2) is 0 Å².